The molecule has 0 spiro atoms. The van der Waals surface area contributed by atoms with E-state index in [2.05, 4.69) is 20.8 Å². The second kappa shape index (κ2) is 7.81. The first-order valence-electron chi connectivity index (χ1n) is 8.36. The number of likely N-dealkylation sites (tertiary alicyclic amines) is 1. The molecule has 1 saturated heterocycles. The fraction of sp³-hybridized carbons (Fsp3) is 0.471. The number of nitrogens with one attached hydrogen (secondary N) is 2. The summed E-state index contributed by atoms with van der Waals surface area (Å²) in [7, 11) is 0. The first kappa shape index (κ1) is 16.3. The number of aryl methyl sites for hydroxylation is 1. The highest BCUT2D eigenvalue weighted by atomic mass is 16.5. The molecule has 24 heavy (non-hydrogen) atoms. The maximum absolute atomic E-state index is 12.4. The van der Waals surface area contributed by atoms with Crippen molar-refractivity contribution < 1.29 is 9.32 Å². The molecule has 1 unspecified atom stereocenters. The molecule has 2 aromatic rings. The number of hydrogen-bond acceptors (Lipinski definition) is 5. The minimum absolute atomic E-state index is 0.00200. The Morgan fingerprint density at radius 3 is 3.08 bits per heavy atom. The molecule has 1 aliphatic rings. The molecule has 1 atom stereocenters. The summed E-state index contributed by atoms with van der Waals surface area (Å²) >= 11 is 0. The molecule has 128 valence electrons. The topological polar surface area (TPSA) is 83.3 Å². The van der Waals surface area contributed by atoms with E-state index in [1.165, 1.54) is 0 Å². The summed E-state index contributed by atoms with van der Waals surface area (Å²) in [5.41, 5.74) is 0.845. The van der Waals surface area contributed by atoms with Crippen LogP contribution in [0, 0.1) is 6.92 Å². The van der Waals surface area contributed by atoms with Crippen molar-refractivity contribution in [3.05, 3.63) is 41.9 Å². The third-order valence-corrected chi connectivity index (χ3v) is 4.09. The predicted molar refractivity (Wildman–Crippen MR) is 90.7 cm³/mol. The number of anilines is 1. The number of carbonyl (C=O) groups excluding carboxylic acids is 1. The zero-order chi connectivity index (χ0) is 16.8. The summed E-state index contributed by atoms with van der Waals surface area (Å²) in [6.45, 7) is 4.03. The van der Waals surface area contributed by atoms with E-state index in [0.29, 0.717) is 6.54 Å². The Morgan fingerprint density at radius 1 is 1.42 bits per heavy atom. The van der Waals surface area contributed by atoms with Crippen LogP contribution >= 0.6 is 0 Å². The molecule has 0 saturated carbocycles. The van der Waals surface area contributed by atoms with Crippen LogP contribution in [0.25, 0.3) is 0 Å². The second-order valence-electron chi connectivity index (χ2n) is 5.95. The van der Waals surface area contributed by atoms with E-state index < -0.39 is 0 Å². The van der Waals surface area contributed by atoms with Crippen LogP contribution < -0.4 is 10.6 Å². The van der Waals surface area contributed by atoms with Crippen molar-refractivity contribution in [1.82, 2.24) is 20.4 Å². The zero-order valence-electron chi connectivity index (χ0n) is 13.9. The molecular weight excluding hydrogens is 306 g/mol. The fourth-order valence-corrected chi connectivity index (χ4v) is 2.91. The minimum Gasteiger partial charge on any atom is -0.370 e. The molecule has 7 nitrogen and oxygen atoms in total. The maximum atomic E-state index is 12.4. The summed E-state index contributed by atoms with van der Waals surface area (Å²) in [5, 5.41) is 10.1. The molecule has 7 heteroatoms. The number of carbonyl (C=O) groups is 1. The van der Waals surface area contributed by atoms with E-state index in [4.69, 9.17) is 4.52 Å². The molecule has 2 aromatic heterocycles. The lowest BCUT2D eigenvalue weighted by Gasteiger charge is -2.23. The average Bonchev–Trinajstić information content (AvgIpc) is 3.24. The van der Waals surface area contributed by atoms with Crippen molar-refractivity contribution in [3.8, 4) is 0 Å². The largest absolute Gasteiger partial charge is 0.370 e. The van der Waals surface area contributed by atoms with Gasteiger partial charge in [-0.25, -0.2) is 9.78 Å². The van der Waals surface area contributed by atoms with Gasteiger partial charge < -0.3 is 20.1 Å². The van der Waals surface area contributed by atoms with Crippen LogP contribution in [0.5, 0.6) is 0 Å². The maximum Gasteiger partial charge on any atom is 0.318 e. The Labute approximate surface area is 141 Å². The first-order chi connectivity index (χ1) is 11.7. The van der Waals surface area contributed by atoms with Gasteiger partial charge in [-0.1, -0.05) is 11.2 Å². The van der Waals surface area contributed by atoms with E-state index in [1.54, 1.807) is 6.20 Å². The molecule has 0 aromatic carbocycles. The number of rotatable bonds is 6. The van der Waals surface area contributed by atoms with Gasteiger partial charge in [-0.2, -0.15) is 0 Å². The standard InChI is InChI=1S/C17H23N5O2/c1-13-12-15(24-21-13)14-6-4-11-22(14)17(23)20-10-5-9-19-16-7-2-3-8-18-16/h2-3,7-8,12,14H,4-6,9-11H2,1H3,(H,18,19)(H,20,23). The molecular formula is C17H23N5O2. The number of aromatic nitrogens is 2. The summed E-state index contributed by atoms with van der Waals surface area (Å²) in [5.74, 6) is 1.63. The molecule has 2 amide bonds. The van der Waals surface area contributed by atoms with Crippen molar-refractivity contribution in [2.45, 2.75) is 32.2 Å². The SMILES string of the molecule is Cc1cc(C2CCCN2C(=O)NCCCNc2ccccn2)on1. The third-order valence-electron chi connectivity index (χ3n) is 4.09. The van der Waals surface area contributed by atoms with Crippen LogP contribution in [0.15, 0.2) is 35.0 Å². The Morgan fingerprint density at radius 2 is 2.33 bits per heavy atom. The molecule has 1 fully saturated rings. The van der Waals surface area contributed by atoms with Crippen LogP contribution in [-0.4, -0.2) is 40.7 Å². The van der Waals surface area contributed by atoms with Crippen LogP contribution in [-0.2, 0) is 0 Å². The predicted octanol–water partition coefficient (Wildman–Crippen LogP) is 2.73. The summed E-state index contributed by atoms with van der Waals surface area (Å²) < 4.78 is 5.33. The van der Waals surface area contributed by atoms with Gasteiger partial charge in [0.1, 0.15) is 5.82 Å². The highest BCUT2D eigenvalue weighted by Gasteiger charge is 2.32. The van der Waals surface area contributed by atoms with Gasteiger partial charge in [0.25, 0.3) is 0 Å². The van der Waals surface area contributed by atoms with Crippen molar-refractivity contribution in [2.24, 2.45) is 0 Å². The Balaban J connectivity index is 1.41. The lowest BCUT2D eigenvalue weighted by Crippen LogP contribution is -2.40. The molecule has 3 heterocycles. The van der Waals surface area contributed by atoms with Crippen LogP contribution in [0.4, 0.5) is 10.6 Å². The van der Waals surface area contributed by atoms with Gasteiger partial charge in [0, 0.05) is 31.9 Å². The highest BCUT2D eigenvalue weighted by molar-refractivity contribution is 5.75. The second-order valence-corrected chi connectivity index (χ2v) is 5.95. The van der Waals surface area contributed by atoms with Crippen molar-refractivity contribution in [1.29, 1.82) is 0 Å². The smallest absolute Gasteiger partial charge is 0.318 e. The van der Waals surface area contributed by atoms with Gasteiger partial charge in [0.15, 0.2) is 5.76 Å². The lowest BCUT2D eigenvalue weighted by molar-refractivity contribution is 0.182. The van der Waals surface area contributed by atoms with Gasteiger partial charge in [0.2, 0.25) is 0 Å². The summed E-state index contributed by atoms with van der Waals surface area (Å²) in [6, 6.07) is 7.62. The Bertz CT molecular complexity index is 658. The number of urea groups is 1. The van der Waals surface area contributed by atoms with Crippen molar-refractivity contribution >= 4 is 11.8 Å². The van der Waals surface area contributed by atoms with Gasteiger partial charge in [-0.3, -0.25) is 0 Å². The molecule has 3 rings (SSSR count). The van der Waals surface area contributed by atoms with E-state index in [-0.39, 0.29) is 12.1 Å². The molecule has 0 radical (unpaired) electrons. The van der Waals surface area contributed by atoms with Crippen LogP contribution in [0.2, 0.25) is 0 Å². The summed E-state index contributed by atoms with van der Waals surface area (Å²) in [6.07, 6.45) is 4.49. The Kier molecular flexibility index (Phi) is 5.30. The summed E-state index contributed by atoms with van der Waals surface area (Å²) in [4.78, 5) is 18.4. The minimum atomic E-state index is -0.0376. The number of nitrogens with zero attached hydrogens (tertiary/aromatic N) is 3. The fourth-order valence-electron chi connectivity index (χ4n) is 2.91. The normalized spacial score (nSPS) is 17.0. The molecule has 1 aliphatic heterocycles. The van der Waals surface area contributed by atoms with Crippen molar-refractivity contribution in [3.63, 3.8) is 0 Å². The Hall–Kier alpha value is -2.57. The van der Waals surface area contributed by atoms with E-state index in [0.717, 1.165) is 49.6 Å². The van der Waals surface area contributed by atoms with E-state index in [1.807, 2.05) is 36.1 Å². The van der Waals surface area contributed by atoms with E-state index in [9.17, 15) is 4.79 Å². The number of pyridine rings is 1. The average molecular weight is 329 g/mol. The quantitative estimate of drug-likeness (QED) is 0.796. The highest BCUT2D eigenvalue weighted by Crippen LogP contribution is 2.32. The number of hydrogen-bond donors (Lipinski definition) is 2. The van der Waals surface area contributed by atoms with Gasteiger partial charge >= 0.3 is 6.03 Å². The number of amides is 2. The van der Waals surface area contributed by atoms with Crippen molar-refractivity contribution in [2.75, 3.05) is 25.0 Å². The molecule has 0 bridgehead atoms. The molecule has 0 aliphatic carbocycles. The third kappa shape index (κ3) is 4.04. The van der Waals surface area contributed by atoms with Gasteiger partial charge in [-0.15, -0.1) is 0 Å². The zero-order valence-corrected chi connectivity index (χ0v) is 13.9. The van der Waals surface area contributed by atoms with Gasteiger partial charge in [0.05, 0.1) is 11.7 Å². The lowest BCUT2D eigenvalue weighted by atomic mass is 10.1. The molecule has 2 N–H and O–H groups in total. The first-order valence-corrected chi connectivity index (χ1v) is 8.36. The monoisotopic (exact) mass is 329 g/mol. The van der Waals surface area contributed by atoms with Crippen LogP contribution in [0.1, 0.15) is 36.8 Å². The van der Waals surface area contributed by atoms with Crippen LogP contribution in [0.3, 0.4) is 0 Å². The van der Waals surface area contributed by atoms with Gasteiger partial charge in [-0.05, 0) is 38.3 Å². The van der Waals surface area contributed by atoms with E-state index >= 15 is 0 Å².